The standard InChI is InChI=1S/C17H30N2/c1-11-9-18-17(2,3)10-19(11)16-14-5-12-4-13(7-14)8-15(16)6-12/h11-16,18H,4-10H2,1-3H3. The highest BCUT2D eigenvalue weighted by Gasteiger charge is 2.51. The van der Waals surface area contributed by atoms with E-state index in [0.29, 0.717) is 5.54 Å². The molecule has 5 rings (SSSR count). The molecule has 0 amide bonds. The van der Waals surface area contributed by atoms with Crippen molar-refractivity contribution in [3.05, 3.63) is 0 Å². The first-order valence-corrected chi connectivity index (χ1v) is 8.52. The smallest absolute Gasteiger partial charge is 0.0253 e. The number of hydrogen-bond acceptors (Lipinski definition) is 2. The van der Waals surface area contributed by atoms with Crippen molar-refractivity contribution in [2.24, 2.45) is 23.7 Å². The lowest BCUT2D eigenvalue weighted by Gasteiger charge is -2.60. The van der Waals surface area contributed by atoms with Crippen LogP contribution < -0.4 is 5.32 Å². The monoisotopic (exact) mass is 262 g/mol. The largest absolute Gasteiger partial charge is 0.309 e. The Bertz CT molecular complexity index is 334. The van der Waals surface area contributed by atoms with Crippen molar-refractivity contribution in [3.8, 4) is 0 Å². The summed E-state index contributed by atoms with van der Waals surface area (Å²) in [6.07, 6.45) is 7.77. The Balaban J connectivity index is 1.58. The fourth-order valence-electron chi connectivity index (χ4n) is 6.05. The van der Waals surface area contributed by atoms with Crippen molar-refractivity contribution >= 4 is 0 Å². The van der Waals surface area contributed by atoms with Gasteiger partial charge in [-0.15, -0.1) is 0 Å². The highest BCUT2D eigenvalue weighted by Crippen LogP contribution is 2.55. The molecule has 19 heavy (non-hydrogen) atoms. The molecule has 1 heterocycles. The second-order valence-electron chi connectivity index (χ2n) is 8.71. The van der Waals surface area contributed by atoms with Crippen LogP contribution in [0.5, 0.6) is 0 Å². The topological polar surface area (TPSA) is 15.3 Å². The van der Waals surface area contributed by atoms with Gasteiger partial charge in [0, 0.05) is 30.7 Å². The molecule has 4 bridgehead atoms. The Labute approximate surface area is 118 Å². The van der Waals surface area contributed by atoms with Crippen LogP contribution in [0.25, 0.3) is 0 Å². The van der Waals surface area contributed by atoms with E-state index in [-0.39, 0.29) is 0 Å². The van der Waals surface area contributed by atoms with E-state index >= 15 is 0 Å². The molecule has 1 aliphatic heterocycles. The van der Waals surface area contributed by atoms with Crippen molar-refractivity contribution in [3.63, 3.8) is 0 Å². The van der Waals surface area contributed by atoms with Crippen LogP contribution in [0.3, 0.4) is 0 Å². The molecule has 0 radical (unpaired) electrons. The Morgan fingerprint density at radius 3 is 2.11 bits per heavy atom. The van der Waals surface area contributed by atoms with Crippen LogP contribution in [0.1, 0.15) is 52.9 Å². The summed E-state index contributed by atoms with van der Waals surface area (Å²) in [5.41, 5.74) is 0.307. The fourth-order valence-corrected chi connectivity index (χ4v) is 6.05. The molecular weight excluding hydrogens is 232 g/mol. The summed E-state index contributed by atoms with van der Waals surface area (Å²) in [6, 6.07) is 1.65. The van der Waals surface area contributed by atoms with E-state index in [1.165, 1.54) is 13.1 Å². The van der Waals surface area contributed by atoms with Crippen molar-refractivity contribution in [2.45, 2.75) is 70.5 Å². The van der Waals surface area contributed by atoms with Gasteiger partial charge in [0.05, 0.1) is 0 Å². The molecule has 4 saturated carbocycles. The van der Waals surface area contributed by atoms with Gasteiger partial charge in [0.1, 0.15) is 0 Å². The zero-order valence-electron chi connectivity index (χ0n) is 12.9. The number of piperazine rings is 1. The Morgan fingerprint density at radius 1 is 0.947 bits per heavy atom. The van der Waals surface area contributed by atoms with Gasteiger partial charge in [-0.25, -0.2) is 0 Å². The maximum Gasteiger partial charge on any atom is 0.0253 e. The van der Waals surface area contributed by atoms with Crippen molar-refractivity contribution in [1.29, 1.82) is 0 Å². The van der Waals surface area contributed by atoms with E-state index < -0.39 is 0 Å². The van der Waals surface area contributed by atoms with E-state index in [9.17, 15) is 0 Å². The predicted molar refractivity (Wildman–Crippen MR) is 79.1 cm³/mol. The Kier molecular flexibility index (Phi) is 2.80. The van der Waals surface area contributed by atoms with Crippen LogP contribution in [0.2, 0.25) is 0 Å². The van der Waals surface area contributed by atoms with Gasteiger partial charge in [-0.05, 0) is 76.5 Å². The summed E-state index contributed by atoms with van der Waals surface area (Å²) >= 11 is 0. The van der Waals surface area contributed by atoms with E-state index in [1.807, 2.05) is 0 Å². The van der Waals surface area contributed by atoms with Crippen LogP contribution in [0, 0.1) is 23.7 Å². The van der Waals surface area contributed by atoms with Crippen molar-refractivity contribution in [2.75, 3.05) is 13.1 Å². The second-order valence-corrected chi connectivity index (χ2v) is 8.71. The maximum absolute atomic E-state index is 3.72. The van der Waals surface area contributed by atoms with Gasteiger partial charge in [-0.3, -0.25) is 4.90 Å². The highest BCUT2D eigenvalue weighted by atomic mass is 15.3. The third-order valence-electron chi connectivity index (χ3n) is 6.58. The van der Waals surface area contributed by atoms with Crippen molar-refractivity contribution < 1.29 is 0 Å². The molecule has 108 valence electrons. The van der Waals surface area contributed by atoms with Crippen LogP contribution in [0.15, 0.2) is 0 Å². The van der Waals surface area contributed by atoms with Gasteiger partial charge in [0.2, 0.25) is 0 Å². The van der Waals surface area contributed by atoms with Crippen LogP contribution in [-0.4, -0.2) is 35.6 Å². The minimum Gasteiger partial charge on any atom is -0.309 e. The predicted octanol–water partition coefficient (Wildman–Crippen LogP) is 2.88. The first-order valence-electron chi connectivity index (χ1n) is 8.52. The average Bonchev–Trinajstić information content (AvgIpc) is 2.32. The van der Waals surface area contributed by atoms with E-state index in [4.69, 9.17) is 0 Å². The number of rotatable bonds is 1. The summed E-state index contributed by atoms with van der Waals surface area (Å²) < 4.78 is 0. The lowest BCUT2D eigenvalue weighted by atomic mass is 9.53. The lowest BCUT2D eigenvalue weighted by Crippen LogP contribution is -2.67. The highest BCUT2D eigenvalue weighted by molar-refractivity contribution is 5.05. The normalized spacial score (nSPS) is 52.6. The molecule has 1 N–H and O–H groups in total. The summed E-state index contributed by atoms with van der Waals surface area (Å²) in [7, 11) is 0. The zero-order valence-corrected chi connectivity index (χ0v) is 12.9. The Hall–Kier alpha value is -0.0800. The molecule has 0 aromatic carbocycles. The second kappa shape index (κ2) is 4.21. The van der Waals surface area contributed by atoms with Crippen LogP contribution in [0.4, 0.5) is 0 Å². The van der Waals surface area contributed by atoms with Gasteiger partial charge in [0.15, 0.2) is 0 Å². The first-order chi connectivity index (χ1) is 9.02. The van der Waals surface area contributed by atoms with Crippen molar-refractivity contribution in [1.82, 2.24) is 10.2 Å². The molecule has 1 atom stereocenters. The summed E-state index contributed by atoms with van der Waals surface area (Å²) in [4.78, 5) is 2.91. The lowest BCUT2D eigenvalue weighted by molar-refractivity contribution is -0.0914. The van der Waals surface area contributed by atoms with E-state index in [0.717, 1.165) is 35.8 Å². The van der Waals surface area contributed by atoms with Gasteiger partial charge in [-0.2, -0.15) is 0 Å². The van der Waals surface area contributed by atoms with E-state index in [1.54, 1.807) is 32.1 Å². The molecule has 0 spiro atoms. The molecular formula is C17H30N2. The molecule has 0 aromatic heterocycles. The SMILES string of the molecule is CC1CNC(C)(C)CN1C1C2CC3CC(C2)CC1C3. The molecule has 2 heteroatoms. The summed E-state index contributed by atoms with van der Waals surface area (Å²) in [5.74, 6) is 4.27. The number of nitrogens with zero attached hydrogens (tertiary/aromatic N) is 1. The number of nitrogens with one attached hydrogen (secondary N) is 1. The van der Waals surface area contributed by atoms with Gasteiger partial charge < -0.3 is 5.32 Å². The fraction of sp³-hybridized carbons (Fsp3) is 1.00. The van der Waals surface area contributed by atoms with Gasteiger partial charge in [0.25, 0.3) is 0 Å². The molecule has 5 fully saturated rings. The molecule has 2 nitrogen and oxygen atoms in total. The molecule has 4 aliphatic carbocycles. The third-order valence-corrected chi connectivity index (χ3v) is 6.58. The Morgan fingerprint density at radius 2 is 1.53 bits per heavy atom. The third kappa shape index (κ3) is 2.06. The molecule has 5 aliphatic rings. The molecule has 1 saturated heterocycles. The first kappa shape index (κ1) is 12.6. The number of hydrogen-bond donors (Lipinski definition) is 1. The zero-order chi connectivity index (χ0) is 13.2. The average molecular weight is 262 g/mol. The minimum absolute atomic E-state index is 0.307. The minimum atomic E-state index is 0.307. The quantitative estimate of drug-likeness (QED) is 0.782. The molecule has 1 unspecified atom stereocenters. The maximum atomic E-state index is 3.72. The summed E-state index contributed by atoms with van der Waals surface area (Å²) in [5, 5.41) is 3.72. The van der Waals surface area contributed by atoms with Gasteiger partial charge in [-0.1, -0.05) is 0 Å². The van der Waals surface area contributed by atoms with E-state index in [2.05, 4.69) is 31.0 Å². The summed E-state index contributed by atoms with van der Waals surface area (Å²) in [6.45, 7) is 9.62. The van der Waals surface area contributed by atoms with Gasteiger partial charge >= 0.3 is 0 Å². The molecule has 0 aromatic rings. The van der Waals surface area contributed by atoms with Crippen LogP contribution >= 0.6 is 0 Å². The van der Waals surface area contributed by atoms with Crippen LogP contribution in [-0.2, 0) is 0 Å².